The van der Waals surface area contributed by atoms with Crippen LogP contribution >= 0.6 is 11.8 Å². The molecule has 0 bridgehead atoms. The second-order valence-corrected chi connectivity index (χ2v) is 9.07. The third-order valence-electron chi connectivity index (χ3n) is 5.32. The van der Waals surface area contributed by atoms with E-state index in [1.165, 1.54) is 22.9 Å². The van der Waals surface area contributed by atoms with Crippen molar-refractivity contribution in [3.63, 3.8) is 0 Å². The Morgan fingerprint density at radius 2 is 1.76 bits per heavy atom. The molecule has 0 fully saturated rings. The van der Waals surface area contributed by atoms with Crippen LogP contribution in [-0.4, -0.2) is 22.1 Å². The molecule has 0 radical (unpaired) electrons. The van der Waals surface area contributed by atoms with Crippen LogP contribution in [0.25, 0.3) is 11.3 Å². The van der Waals surface area contributed by atoms with Gasteiger partial charge in [-0.2, -0.15) is 0 Å². The predicted molar refractivity (Wildman–Crippen MR) is 132 cm³/mol. The van der Waals surface area contributed by atoms with E-state index in [0.717, 1.165) is 34.9 Å². The number of thioether (sulfide) groups is 1. The Kier molecular flexibility index (Phi) is 7.58. The second-order valence-electron chi connectivity index (χ2n) is 8.08. The van der Waals surface area contributed by atoms with E-state index in [9.17, 15) is 4.79 Å². The highest BCUT2D eigenvalue weighted by Crippen LogP contribution is 2.24. The molecule has 2 aromatic heterocycles. The molecule has 0 aliphatic rings. The number of carbonyl (C=O) groups is 1. The lowest BCUT2D eigenvalue weighted by Gasteiger charge is -2.12. The molecule has 168 valence electrons. The number of hydrogen-bond donors (Lipinski definition) is 1. The molecule has 2 heterocycles. The van der Waals surface area contributed by atoms with E-state index in [4.69, 9.17) is 4.42 Å². The molecule has 1 unspecified atom stereocenters. The summed E-state index contributed by atoms with van der Waals surface area (Å²) in [5, 5.41) is 12.5. The van der Waals surface area contributed by atoms with Crippen molar-refractivity contribution in [2.24, 2.45) is 0 Å². The summed E-state index contributed by atoms with van der Waals surface area (Å²) in [5.41, 5.74) is 4.37. The van der Waals surface area contributed by atoms with Gasteiger partial charge in [0.1, 0.15) is 10.8 Å². The molecule has 1 amide bonds. The molecular weight excluding hydrogens is 430 g/mol. The second kappa shape index (κ2) is 11.0. The Morgan fingerprint density at radius 3 is 2.48 bits per heavy atom. The quantitative estimate of drug-likeness (QED) is 0.308. The van der Waals surface area contributed by atoms with E-state index in [-0.39, 0.29) is 11.9 Å². The molecule has 1 N–H and O–H groups in total. The zero-order valence-corrected chi connectivity index (χ0v) is 19.6. The Hall–Kier alpha value is -3.38. The van der Waals surface area contributed by atoms with Crippen LogP contribution in [0.1, 0.15) is 40.8 Å². The highest BCUT2D eigenvalue weighted by molar-refractivity contribution is 7.98. The normalized spacial score (nSPS) is 11.8. The molecule has 0 saturated heterocycles. The first kappa shape index (κ1) is 22.8. The van der Waals surface area contributed by atoms with Crippen molar-refractivity contribution in [1.29, 1.82) is 0 Å². The van der Waals surface area contributed by atoms with E-state index in [1.807, 2.05) is 55.5 Å². The lowest BCUT2D eigenvalue weighted by atomic mass is 10.1. The first-order valence-corrected chi connectivity index (χ1v) is 12.0. The zero-order valence-electron chi connectivity index (χ0n) is 18.8. The van der Waals surface area contributed by atoms with Gasteiger partial charge in [-0.25, -0.2) is 0 Å². The Morgan fingerprint density at radius 1 is 0.970 bits per heavy atom. The molecule has 0 aliphatic carbocycles. The zero-order chi connectivity index (χ0) is 23.0. The number of rotatable bonds is 9. The van der Waals surface area contributed by atoms with E-state index in [2.05, 4.69) is 46.7 Å². The highest BCUT2D eigenvalue weighted by Gasteiger charge is 2.14. The monoisotopic (exact) mass is 457 g/mol. The lowest BCUT2D eigenvalue weighted by molar-refractivity contribution is 0.0909. The van der Waals surface area contributed by atoms with Gasteiger partial charge in [-0.1, -0.05) is 71.9 Å². The van der Waals surface area contributed by atoms with Crippen LogP contribution in [0.3, 0.4) is 0 Å². The summed E-state index contributed by atoms with van der Waals surface area (Å²) < 4.78 is 5.75. The van der Waals surface area contributed by atoms with Crippen molar-refractivity contribution in [3.05, 3.63) is 102 Å². The largest absolute Gasteiger partial charge is 0.455 e. The fourth-order valence-electron chi connectivity index (χ4n) is 3.39. The van der Waals surface area contributed by atoms with Gasteiger partial charge in [0.2, 0.25) is 0 Å². The molecule has 4 rings (SSSR count). The van der Waals surface area contributed by atoms with Gasteiger partial charge in [-0.15, -0.1) is 10.2 Å². The number of nitrogens with one attached hydrogen (secondary N) is 1. The molecule has 0 aliphatic heterocycles. The molecule has 4 aromatic rings. The summed E-state index contributed by atoms with van der Waals surface area (Å²) in [7, 11) is 0. The number of amides is 1. The van der Waals surface area contributed by atoms with Gasteiger partial charge in [-0.05, 0) is 56.5 Å². The van der Waals surface area contributed by atoms with Crippen LogP contribution in [0.5, 0.6) is 0 Å². The van der Waals surface area contributed by atoms with E-state index >= 15 is 0 Å². The summed E-state index contributed by atoms with van der Waals surface area (Å²) in [5.74, 6) is 1.45. The van der Waals surface area contributed by atoms with Gasteiger partial charge in [0.25, 0.3) is 5.91 Å². The van der Waals surface area contributed by atoms with E-state index in [0.29, 0.717) is 11.5 Å². The summed E-state index contributed by atoms with van der Waals surface area (Å²) in [6.45, 7) is 4.07. The molecular formula is C27H27N3O2S. The minimum absolute atomic E-state index is 0.0583. The molecule has 0 saturated carbocycles. The third-order valence-corrected chi connectivity index (χ3v) is 6.26. The number of carbonyl (C=O) groups excluding carboxylic acids is 1. The van der Waals surface area contributed by atoms with Crippen molar-refractivity contribution in [3.8, 4) is 11.3 Å². The maximum Gasteiger partial charge on any atom is 0.287 e. The third kappa shape index (κ3) is 6.56. The van der Waals surface area contributed by atoms with Gasteiger partial charge in [-0.3, -0.25) is 4.79 Å². The van der Waals surface area contributed by atoms with Gasteiger partial charge >= 0.3 is 0 Å². The number of furan rings is 1. The number of nitrogens with zero attached hydrogens (tertiary/aromatic N) is 2. The van der Waals surface area contributed by atoms with Gasteiger partial charge in [0.05, 0.1) is 11.4 Å². The van der Waals surface area contributed by atoms with Crippen LogP contribution in [0.2, 0.25) is 0 Å². The number of benzene rings is 2. The van der Waals surface area contributed by atoms with Crippen molar-refractivity contribution in [2.75, 3.05) is 0 Å². The maximum atomic E-state index is 12.5. The van der Waals surface area contributed by atoms with Crippen molar-refractivity contribution in [1.82, 2.24) is 15.5 Å². The van der Waals surface area contributed by atoms with Crippen molar-refractivity contribution < 1.29 is 9.21 Å². The summed E-state index contributed by atoms with van der Waals surface area (Å²) in [6.07, 6.45) is 1.79. The first-order chi connectivity index (χ1) is 16.1. The van der Waals surface area contributed by atoms with Gasteiger partial charge in [0.15, 0.2) is 5.76 Å². The minimum atomic E-state index is -0.186. The van der Waals surface area contributed by atoms with Gasteiger partial charge in [0, 0.05) is 11.6 Å². The Balaban J connectivity index is 1.26. The smallest absolute Gasteiger partial charge is 0.287 e. The summed E-state index contributed by atoms with van der Waals surface area (Å²) in [4.78, 5) is 12.5. The van der Waals surface area contributed by atoms with Gasteiger partial charge < -0.3 is 9.73 Å². The standard InChI is InChI=1S/C27H27N3O2S/c1-19-8-12-22(13-9-19)24-15-17-26(30-29-24)33-18-23-14-16-25(32-23)27(31)28-20(2)10-11-21-6-4-3-5-7-21/h3-9,12-17,20H,10-11,18H2,1-2H3,(H,28,31). The van der Waals surface area contributed by atoms with Crippen LogP contribution < -0.4 is 5.32 Å². The number of aryl methyl sites for hydroxylation is 2. The molecule has 6 heteroatoms. The van der Waals surface area contributed by atoms with Crippen molar-refractivity contribution in [2.45, 2.75) is 43.5 Å². The number of hydrogen-bond acceptors (Lipinski definition) is 5. The molecule has 33 heavy (non-hydrogen) atoms. The van der Waals surface area contributed by atoms with Crippen molar-refractivity contribution >= 4 is 17.7 Å². The SMILES string of the molecule is Cc1ccc(-c2ccc(SCc3ccc(C(=O)NC(C)CCc4ccccc4)o3)nn2)cc1. The molecule has 5 nitrogen and oxygen atoms in total. The van der Waals surface area contributed by atoms with E-state index in [1.54, 1.807) is 6.07 Å². The van der Waals surface area contributed by atoms with Crippen LogP contribution in [0.15, 0.2) is 88.3 Å². The van der Waals surface area contributed by atoms with Crippen LogP contribution in [0.4, 0.5) is 0 Å². The Bertz CT molecular complexity index is 1170. The topological polar surface area (TPSA) is 68.0 Å². The average molecular weight is 458 g/mol. The lowest BCUT2D eigenvalue weighted by Crippen LogP contribution is -2.32. The fourth-order valence-corrected chi connectivity index (χ4v) is 4.10. The predicted octanol–water partition coefficient (Wildman–Crippen LogP) is 6.09. The average Bonchev–Trinajstić information content (AvgIpc) is 3.32. The van der Waals surface area contributed by atoms with Crippen LogP contribution in [-0.2, 0) is 12.2 Å². The maximum absolute atomic E-state index is 12.5. The number of aromatic nitrogens is 2. The molecule has 1 atom stereocenters. The minimum Gasteiger partial charge on any atom is -0.455 e. The molecule has 2 aromatic carbocycles. The fraction of sp³-hybridized carbons (Fsp3) is 0.222. The highest BCUT2D eigenvalue weighted by atomic mass is 32.2. The summed E-state index contributed by atoms with van der Waals surface area (Å²) in [6, 6.07) is 26.0. The van der Waals surface area contributed by atoms with Crippen LogP contribution in [0, 0.1) is 6.92 Å². The van der Waals surface area contributed by atoms with E-state index < -0.39 is 0 Å². The Labute approximate surface area is 198 Å². The summed E-state index contributed by atoms with van der Waals surface area (Å²) >= 11 is 1.53. The first-order valence-electron chi connectivity index (χ1n) is 11.0. The molecule has 0 spiro atoms.